The van der Waals surface area contributed by atoms with Crippen LogP contribution in [0.25, 0.3) is 0 Å². The fourth-order valence-electron chi connectivity index (χ4n) is 3.40. The van der Waals surface area contributed by atoms with Gasteiger partial charge in [-0.25, -0.2) is 4.79 Å². The molecule has 21 heavy (non-hydrogen) atoms. The van der Waals surface area contributed by atoms with Crippen LogP contribution in [0.4, 0.5) is 10.5 Å². The van der Waals surface area contributed by atoms with Gasteiger partial charge in [0.2, 0.25) is 0 Å². The number of carbonyl (C=O) groups excluding carboxylic acids is 1. The molecule has 0 aromatic heterocycles. The van der Waals surface area contributed by atoms with E-state index in [-0.39, 0.29) is 6.03 Å². The van der Waals surface area contributed by atoms with Gasteiger partial charge in [-0.3, -0.25) is 4.90 Å². The van der Waals surface area contributed by atoms with Crippen LogP contribution in [0.3, 0.4) is 0 Å². The quantitative estimate of drug-likeness (QED) is 0.853. The summed E-state index contributed by atoms with van der Waals surface area (Å²) in [5.74, 6) is 0. The molecule has 1 aromatic carbocycles. The number of thioether (sulfide) groups is 1. The van der Waals surface area contributed by atoms with E-state index >= 15 is 0 Å². The van der Waals surface area contributed by atoms with Crippen molar-refractivity contribution < 1.29 is 4.79 Å². The fraction of sp³-hybridized carbons (Fsp3) is 0.562. The van der Waals surface area contributed by atoms with Crippen molar-refractivity contribution in [3.63, 3.8) is 0 Å². The topological polar surface area (TPSA) is 35.6 Å². The first-order valence-electron chi connectivity index (χ1n) is 7.59. The first-order valence-corrected chi connectivity index (χ1v) is 8.82. The lowest BCUT2D eigenvalue weighted by Gasteiger charge is -2.26. The van der Waals surface area contributed by atoms with Gasteiger partial charge in [0.05, 0.1) is 0 Å². The number of rotatable bonds is 2. The smallest absolute Gasteiger partial charge is 0.321 e. The Hall–Kier alpha value is -1.20. The van der Waals surface area contributed by atoms with Crippen molar-refractivity contribution in [2.45, 2.75) is 36.2 Å². The number of carbonyl (C=O) groups is 1. The molecule has 1 N–H and O–H groups in total. The van der Waals surface area contributed by atoms with Crippen molar-refractivity contribution in [2.75, 3.05) is 31.7 Å². The van der Waals surface area contributed by atoms with Crippen molar-refractivity contribution >= 4 is 23.5 Å². The molecule has 2 fully saturated rings. The molecule has 114 valence electrons. The largest absolute Gasteiger partial charge is 0.323 e. The van der Waals surface area contributed by atoms with Crippen molar-refractivity contribution in [3.05, 3.63) is 24.3 Å². The molecular weight excluding hydrogens is 282 g/mol. The van der Waals surface area contributed by atoms with Gasteiger partial charge in [0.15, 0.2) is 0 Å². The minimum absolute atomic E-state index is 0.0363. The Labute approximate surface area is 130 Å². The molecule has 4 nitrogen and oxygen atoms in total. The van der Waals surface area contributed by atoms with E-state index in [0.717, 1.165) is 25.2 Å². The maximum Gasteiger partial charge on any atom is 0.321 e. The van der Waals surface area contributed by atoms with Gasteiger partial charge < -0.3 is 10.2 Å². The first kappa shape index (κ1) is 14.7. The van der Waals surface area contributed by atoms with E-state index in [0.29, 0.717) is 12.1 Å². The molecular formula is C16H23N3OS. The predicted molar refractivity (Wildman–Crippen MR) is 88.0 cm³/mol. The average molecular weight is 305 g/mol. The summed E-state index contributed by atoms with van der Waals surface area (Å²) in [6, 6.07) is 9.24. The Kier molecular flexibility index (Phi) is 4.40. The number of hydrogen-bond donors (Lipinski definition) is 1. The van der Waals surface area contributed by atoms with E-state index in [1.807, 2.05) is 29.4 Å². The Balaban J connectivity index is 1.65. The van der Waals surface area contributed by atoms with Crippen molar-refractivity contribution in [3.8, 4) is 0 Å². The highest BCUT2D eigenvalue weighted by atomic mass is 32.2. The zero-order valence-electron chi connectivity index (χ0n) is 12.7. The average Bonchev–Trinajstić information content (AvgIpc) is 2.72. The van der Waals surface area contributed by atoms with Crippen LogP contribution in [0.1, 0.15) is 19.3 Å². The maximum absolute atomic E-state index is 12.5. The molecule has 0 radical (unpaired) electrons. The van der Waals surface area contributed by atoms with Crippen LogP contribution in [0, 0.1) is 0 Å². The van der Waals surface area contributed by atoms with Crippen LogP contribution in [-0.2, 0) is 0 Å². The summed E-state index contributed by atoms with van der Waals surface area (Å²) in [5.41, 5.74) is 0.884. The summed E-state index contributed by atoms with van der Waals surface area (Å²) in [6.07, 6.45) is 5.63. The molecule has 1 aromatic rings. The molecule has 2 aliphatic heterocycles. The zero-order chi connectivity index (χ0) is 14.8. The Morgan fingerprint density at radius 1 is 1.29 bits per heavy atom. The summed E-state index contributed by atoms with van der Waals surface area (Å²) >= 11 is 1.69. The molecule has 0 saturated carbocycles. The highest BCUT2D eigenvalue weighted by molar-refractivity contribution is 7.98. The fourth-order valence-corrected chi connectivity index (χ4v) is 3.86. The second kappa shape index (κ2) is 6.28. The maximum atomic E-state index is 12.5. The second-order valence-electron chi connectivity index (χ2n) is 5.95. The molecule has 5 heteroatoms. The number of hydrogen-bond acceptors (Lipinski definition) is 3. The minimum atomic E-state index is 0.0363. The van der Waals surface area contributed by atoms with E-state index in [1.165, 1.54) is 17.7 Å². The lowest BCUT2D eigenvalue weighted by Crippen LogP contribution is -2.41. The van der Waals surface area contributed by atoms with Crippen LogP contribution in [0.5, 0.6) is 0 Å². The first-order chi connectivity index (χ1) is 10.2. The summed E-state index contributed by atoms with van der Waals surface area (Å²) in [6.45, 7) is 1.71. The molecule has 2 amide bonds. The lowest BCUT2D eigenvalue weighted by molar-refractivity contribution is 0.200. The summed E-state index contributed by atoms with van der Waals surface area (Å²) in [7, 11) is 2.20. The zero-order valence-corrected chi connectivity index (χ0v) is 13.5. The van der Waals surface area contributed by atoms with E-state index in [9.17, 15) is 4.79 Å². The Morgan fingerprint density at radius 2 is 2.10 bits per heavy atom. The molecule has 2 saturated heterocycles. The second-order valence-corrected chi connectivity index (χ2v) is 6.83. The van der Waals surface area contributed by atoms with Gasteiger partial charge in [-0.2, -0.15) is 0 Å². The van der Waals surface area contributed by atoms with Gasteiger partial charge in [0.25, 0.3) is 0 Å². The molecule has 0 spiro atoms. The molecule has 2 aliphatic rings. The van der Waals surface area contributed by atoms with Crippen LogP contribution >= 0.6 is 11.8 Å². The summed E-state index contributed by atoms with van der Waals surface area (Å²) < 4.78 is 0. The van der Waals surface area contributed by atoms with E-state index in [2.05, 4.69) is 23.3 Å². The number of likely N-dealkylation sites (N-methyl/N-ethyl adjacent to an activating group) is 1. The van der Waals surface area contributed by atoms with Gasteiger partial charge in [0.1, 0.15) is 0 Å². The number of likely N-dealkylation sites (tertiary alicyclic amines) is 1. The SMILES string of the molecule is CSc1cccc(NC(=O)N2CC[C@@H]3CC[C@H](C2)N3C)c1. The number of urea groups is 1. The molecule has 0 aliphatic carbocycles. The number of nitrogens with zero attached hydrogens (tertiary/aromatic N) is 2. The normalized spacial score (nSPS) is 25.7. The third-order valence-corrected chi connectivity index (χ3v) is 5.48. The van der Waals surface area contributed by atoms with Crippen molar-refractivity contribution in [2.24, 2.45) is 0 Å². The third-order valence-electron chi connectivity index (χ3n) is 4.76. The third kappa shape index (κ3) is 3.19. The minimum Gasteiger partial charge on any atom is -0.323 e. The van der Waals surface area contributed by atoms with Gasteiger partial charge >= 0.3 is 6.03 Å². The number of nitrogens with one attached hydrogen (secondary N) is 1. The number of fused-ring (bicyclic) bond motifs is 2. The number of amides is 2. The van der Waals surface area contributed by atoms with Crippen molar-refractivity contribution in [1.29, 1.82) is 0 Å². The van der Waals surface area contributed by atoms with Crippen LogP contribution in [0.15, 0.2) is 29.2 Å². The molecule has 2 bridgehead atoms. The lowest BCUT2D eigenvalue weighted by atomic mass is 10.1. The molecule has 0 unspecified atom stereocenters. The Bertz CT molecular complexity index is 522. The van der Waals surface area contributed by atoms with Gasteiger partial charge in [-0.1, -0.05) is 6.07 Å². The van der Waals surface area contributed by atoms with Gasteiger partial charge in [0, 0.05) is 35.8 Å². The molecule has 2 atom stereocenters. The van der Waals surface area contributed by atoms with Crippen LogP contribution in [-0.4, -0.2) is 54.3 Å². The van der Waals surface area contributed by atoms with Gasteiger partial charge in [-0.15, -0.1) is 11.8 Å². The molecule has 3 rings (SSSR count). The van der Waals surface area contributed by atoms with Crippen LogP contribution < -0.4 is 5.32 Å². The standard InChI is InChI=1S/C16H23N3OS/c1-18-13-6-7-14(18)11-19(9-8-13)16(20)17-12-4-3-5-15(10-12)21-2/h3-5,10,13-14H,6-9,11H2,1-2H3,(H,17,20)/t13-,14+/m0/s1. The molecule has 2 heterocycles. The van der Waals surface area contributed by atoms with E-state index in [1.54, 1.807) is 11.8 Å². The predicted octanol–water partition coefficient (Wildman–Crippen LogP) is 3.11. The number of benzene rings is 1. The highest BCUT2D eigenvalue weighted by Gasteiger charge is 2.35. The van der Waals surface area contributed by atoms with Crippen molar-refractivity contribution in [1.82, 2.24) is 9.80 Å². The van der Waals surface area contributed by atoms with E-state index < -0.39 is 0 Å². The van der Waals surface area contributed by atoms with E-state index in [4.69, 9.17) is 0 Å². The summed E-state index contributed by atoms with van der Waals surface area (Å²) in [5, 5.41) is 3.04. The monoisotopic (exact) mass is 305 g/mol. The highest BCUT2D eigenvalue weighted by Crippen LogP contribution is 2.28. The van der Waals surface area contributed by atoms with Gasteiger partial charge in [-0.05, 0) is 50.8 Å². The van der Waals surface area contributed by atoms with Crippen LogP contribution in [0.2, 0.25) is 0 Å². The Morgan fingerprint density at radius 3 is 2.90 bits per heavy atom. The number of anilines is 1. The summed E-state index contributed by atoms with van der Waals surface area (Å²) in [4.78, 5) is 18.1.